The lowest BCUT2D eigenvalue weighted by Gasteiger charge is -2.10. The first-order valence-corrected chi connectivity index (χ1v) is 4.63. The van der Waals surface area contributed by atoms with Crippen LogP contribution < -0.4 is 0 Å². The summed E-state index contributed by atoms with van der Waals surface area (Å²) in [5, 5.41) is 1.82. The lowest BCUT2D eigenvalue weighted by atomic mass is 10.5. The van der Waals surface area contributed by atoms with Crippen LogP contribution in [0.15, 0.2) is 30.4 Å². The molecule has 70 valence electrons. The summed E-state index contributed by atoms with van der Waals surface area (Å²) in [6.45, 7) is 4.99. The van der Waals surface area contributed by atoms with Gasteiger partial charge in [0.1, 0.15) is 4.88 Å². The van der Waals surface area contributed by atoms with Gasteiger partial charge in [0.05, 0.1) is 6.26 Å². The van der Waals surface area contributed by atoms with E-state index in [2.05, 4.69) is 6.58 Å². The van der Waals surface area contributed by atoms with Gasteiger partial charge < -0.3 is 9.47 Å². The maximum Gasteiger partial charge on any atom is 0.351 e. The number of rotatable bonds is 4. The van der Waals surface area contributed by atoms with E-state index in [9.17, 15) is 4.79 Å². The van der Waals surface area contributed by atoms with E-state index in [-0.39, 0.29) is 5.97 Å². The molecule has 0 fully saturated rings. The van der Waals surface area contributed by atoms with Crippen LogP contribution in [-0.2, 0) is 9.47 Å². The third-order valence-corrected chi connectivity index (χ3v) is 2.13. The normalized spacial score (nSPS) is 11.8. The maximum absolute atomic E-state index is 11.3. The molecule has 0 aromatic carbocycles. The third kappa shape index (κ3) is 2.91. The molecule has 13 heavy (non-hydrogen) atoms. The van der Waals surface area contributed by atoms with Crippen LogP contribution in [0.2, 0.25) is 0 Å². The molecule has 0 spiro atoms. The van der Waals surface area contributed by atoms with Crippen molar-refractivity contribution in [2.75, 3.05) is 0 Å². The Hall–Kier alpha value is -1.29. The highest BCUT2D eigenvalue weighted by Crippen LogP contribution is 2.11. The molecule has 0 aliphatic rings. The molecule has 0 aliphatic carbocycles. The van der Waals surface area contributed by atoms with E-state index in [0.29, 0.717) is 4.88 Å². The van der Waals surface area contributed by atoms with Crippen LogP contribution in [-0.4, -0.2) is 12.3 Å². The number of hydrogen-bond donors (Lipinski definition) is 0. The van der Waals surface area contributed by atoms with Crippen molar-refractivity contribution >= 4 is 17.3 Å². The first-order valence-electron chi connectivity index (χ1n) is 3.75. The number of ether oxygens (including phenoxy) is 2. The molecule has 1 aromatic heterocycles. The first-order chi connectivity index (χ1) is 6.24. The van der Waals surface area contributed by atoms with E-state index in [1.54, 1.807) is 19.1 Å². The molecule has 0 amide bonds. The highest BCUT2D eigenvalue weighted by Gasteiger charge is 2.11. The molecule has 3 nitrogen and oxygen atoms in total. The number of thiophene rings is 1. The maximum atomic E-state index is 11.3. The van der Waals surface area contributed by atoms with Crippen LogP contribution in [0.1, 0.15) is 16.6 Å². The van der Waals surface area contributed by atoms with Gasteiger partial charge in [-0.25, -0.2) is 4.79 Å². The van der Waals surface area contributed by atoms with Crippen molar-refractivity contribution in [3.63, 3.8) is 0 Å². The topological polar surface area (TPSA) is 35.5 Å². The molecule has 0 radical (unpaired) electrons. The Morgan fingerprint density at radius 1 is 1.77 bits per heavy atom. The number of hydrogen-bond acceptors (Lipinski definition) is 4. The molecule has 0 saturated carbocycles. The molecule has 1 aromatic rings. The Morgan fingerprint density at radius 3 is 3.08 bits per heavy atom. The van der Waals surface area contributed by atoms with Gasteiger partial charge in [0, 0.05) is 6.92 Å². The van der Waals surface area contributed by atoms with Crippen LogP contribution in [0.25, 0.3) is 0 Å². The second-order valence-corrected chi connectivity index (χ2v) is 3.20. The number of esters is 1. The van der Waals surface area contributed by atoms with Gasteiger partial charge in [0.15, 0.2) is 0 Å². The highest BCUT2D eigenvalue weighted by molar-refractivity contribution is 7.11. The fraction of sp³-hybridized carbons (Fsp3) is 0.222. The summed E-state index contributed by atoms with van der Waals surface area (Å²) in [6.07, 6.45) is 0.652. The van der Waals surface area contributed by atoms with Crippen molar-refractivity contribution in [3.05, 3.63) is 35.2 Å². The second kappa shape index (κ2) is 4.67. The van der Waals surface area contributed by atoms with Crippen molar-refractivity contribution < 1.29 is 14.3 Å². The zero-order chi connectivity index (χ0) is 9.68. The van der Waals surface area contributed by atoms with E-state index in [0.717, 1.165) is 0 Å². The standard InChI is InChI=1S/C9H10O3S/c1-3-11-7(2)12-9(10)8-5-4-6-13-8/h3-7H,1H2,2H3. The number of carbonyl (C=O) groups is 1. The van der Waals surface area contributed by atoms with Crippen molar-refractivity contribution in [2.45, 2.75) is 13.2 Å². The van der Waals surface area contributed by atoms with E-state index in [1.165, 1.54) is 17.6 Å². The SMILES string of the molecule is C=COC(C)OC(=O)c1cccs1. The molecule has 1 rings (SSSR count). The van der Waals surface area contributed by atoms with Gasteiger partial charge in [-0.2, -0.15) is 0 Å². The molecular formula is C9H10O3S. The van der Waals surface area contributed by atoms with Gasteiger partial charge in [-0.15, -0.1) is 11.3 Å². The molecule has 1 unspecified atom stereocenters. The highest BCUT2D eigenvalue weighted by atomic mass is 32.1. The van der Waals surface area contributed by atoms with Crippen LogP contribution >= 0.6 is 11.3 Å². The van der Waals surface area contributed by atoms with Gasteiger partial charge in [-0.1, -0.05) is 12.6 Å². The quantitative estimate of drug-likeness (QED) is 0.423. The van der Waals surface area contributed by atoms with Crippen molar-refractivity contribution in [2.24, 2.45) is 0 Å². The predicted octanol–water partition coefficient (Wildman–Crippen LogP) is 2.41. The van der Waals surface area contributed by atoms with Crippen molar-refractivity contribution in [3.8, 4) is 0 Å². The third-order valence-electron chi connectivity index (χ3n) is 1.28. The van der Waals surface area contributed by atoms with E-state index >= 15 is 0 Å². The zero-order valence-electron chi connectivity index (χ0n) is 7.23. The molecule has 1 atom stereocenters. The smallest absolute Gasteiger partial charge is 0.351 e. The summed E-state index contributed by atoms with van der Waals surface area (Å²) in [5.74, 6) is -0.371. The Kier molecular flexibility index (Phi) is 3.52. The predicted molar refractivity (Wildman–Crippen MR) is 50.5 cm³/mol. The minimum atomic E-state index is -0.591. The minimum absolute atomic E-state index is 0.371. The fourth-order valence-electron chi connectivity index (χ4n) is 0.767. The van der Waals surface area contributed by atoms with E-state index in [1.807, 2.05) is 5.38 Å². The molecule has 0 aliphatic heterocycles. The summed E-state index contributed by atoms with van der Waals surface area (Å²) in [7, 11) is 0. The molecule has 0 N–H and O–H groups in total. The lowest BCUT2D eigenvalue weighted by molar-refractivity contribution is -0.0595. The summed E-state index contributed by atoms with van der Waals surface area (Å²) < 4.78 is 9.75. The summed E-state index contributed by atoms with van der Waals surface area (Å²) >= 11 is 1.34. The molecule has 0 bridgehead atoms. The summed E-state index contributed by atoms with van der Waals surface area (Å²) in [6, 6.07) is 3.49. The lowest BCUT2D eigenvalue weighted by Crippen LogP contribution is -2.15. The minimum Gasteiger partial charge on any atom is -0.463 e. The van der Waals surface area contributed by atoms with Crippen molar-refractivity contribution in [1.29, 1.82) is 0 Å². The number of carbonyl (C=O) groups excluding carboxylic acids is 1. The average Bonchev–Trinajstić information content (AvgIpc) is 2.55. The Balaban J connectivity index is 2.46. The van der Waals surface area contributed by atoms with Crippen LogP contribution in [0, 0.1) is 0 Å². The van der Waals surface area contributed by atoms with E-state index in [4.69, 9.17) is 9.47 Å². The monoisotopic (exact) mass is 198 g/mol. The van der Waals surface area contributed by atoms with Gasteiger partial charge >= 0.3 is 5.97 Å². The molecule has 4 heteroatoms. The Bertz CT molecular complexity index is 279. The largest absolute Gasteiger partial charge is 0.463 e. The van der Waals surface area contributed by atoms with Gasteiger partial charge in [0.2, 0.25) is 6.29 Å². The summed E-state index contributed by atoms with van der Waals surface area (Å²) in [4.78, 5) is 11.8. The van der Waals surface area contributed by atoms with Crippen LogP contribution in [0.4, 0.5) is 0 Å². The van der Waals surface area contributed by atoms with Gasteiger partial charge in [-0.3, -0.25) is 0 Å². The first kappa shape index (κ1) is 9.80. The zero-order valence-corrected chi connectivity index (χ0v) is 8.04. The fourth-order valence-corrected chi connectivity index (χ4v) is 1.37. The van der Waals surface area contributed by atoms with Crippen LogP contribution in [0.5, 0.6) is 0 Å². The average molecular weight is 198 g/mol. The van der Waals surface area contributed by atoms with E-state index < -0.39 is 6.29 Å². The van der Waals surface area contributed by atoms with Gasteiger partial charge in [-0.05, 0) is 11.4 Å². The molecule has 0 saturated heterocycles. The van der Waals surface area contributed by atoms with Crippen LogP contribution in [0.3, 0.4) is 0 Å². The van der Waals surface area contributed by atoms with Gasteiger partial charge in [0.25, 0.3) is 0 Å². The molecule has 1 heterocycles. The summed E-state index contributed by atoms with van der Waals surface area (Å²) in [5.41, 5.74) is 0. The molecular weight excluding hydrogens is 188 g/mol. The van der Waals surface area contributed by atoms with Crippen molar-refractivity contribution in [1.82, 2.24) is 0 Å². The Morgan fingerprint density at radius 2 is 2.54 bits per heavy atom. The Labute approximate surface area is 80.6 Å². The second-order valence-electron chi connectivity index (χ2n) is 2.25.